The number of benzene rings is 2. The van der Waals surface area contributed by atoms with Gasteiger partial charge in [-0.05, 0) is 61.4 Å². The molecule has 1 aliphatic rings. The van der Waals surface area contributed by atoms with E-state index in [0.717, 1.165) is 11.3 Å². The van der Waals surface area contributed by atoms with Gasteiger partial charge in [0.2, 0.25) is 11.8 Å². The van der Waals surface area contributed by atoms with E-state index in [1.165, 1.54) is 0 Å². The molecule has 0 unspecified atom stereocenters. The van der Waals surface area contributed by atoms with E-state index in [1.807, 2.05) is 12.1 Å². The number of unbranched alkanes of at least 4 members (excludes halogenated alkanes) is 1. The zero-order chi connectivity index (χ0) is 23.2. The maximum absolute atomic E-state index is 12.4. The molecule has 1 aliphatic heterocycles. The van der Waals surface area contributed by atoms with Crippen molar-refractivity contribution in [2.45, 2.75) is 25.7 Å². The highest BCUT2D eigenvalue weighted by Gasteiger charge is 2.24. The Morgan fingerprint density at radius 2 is 1.70 bits per heavy atom. The number of nitrogen functional groups attached to an aromatic ring is 1. The number of para-hydroxylation sites is 2. The first-order valence-corrected chi connectivity index (χ1v) is 10.7. The molecule has 0 fully saturated rings. The number of H-pyrrole nitrogens is 1. The van der Waals surface area contributed by atoms with Gasteiger partial charge in [-0.1, -0.05) is 12.1 Å². The molecule has 0 spiro atoms. The van der Waals surface area contributed by atoms with Gasteiger partial charge >= 0.3 is 0 Å². The second-order valence-electron chi connectivity index (χ2n) is 7.79. The van der Waals surface area contributed by atoms with Gasteiger partial charge in [-0.25, -0.2) is 0 Å². The van der Waals surface area contributed by atoms with E-state index in [0.29, 0.717) is 54.0 Å². The second-order valence-corrected chi connectivity index (χ2v) is 7.79. The Kier molecular flexibility index (Phi) is 6.54. The number of hydrogen-bond acceptors (Lipinski definition) is 4. The van der Waals surface area contributed by atoms with E-state index in [2.05, 4.69) is 20.9 Å². The zero-order valence-corrected chi connectivity index (χ0v) is 18.0. The normalized spacial score (nSPS) is 13.5. The number of aromatic nitrogens is 1. The van der Waals surface area contributed by atoms with Gasteiger partial charge in [0.25, 0.3) is 5.91 Å². The van der Waals surface area contributed by atoms with Crippen LogP contribution in [0.15, 0.2) is 60.8 Å². The fourth-order valence-corrected chi connectivity index (χ4v) is 3.62. The number of nitrogens with one attached hydrogen (secondary N) is 4. The fourth-order valence-electron chi connectivity index (χ4n) is 3.62. The Morgan fingerprint density at radius 1 is 0.939 bits per heavy atom. The summed E-state index contributed by atoms with van der Waals surface area (Å²) in [5, 5.41) is 8.49. The molecule has 168 valence electrons. The van der Waals surface area contributed by atoms with Gasteiger partial charge in [-0.3, -0.25) is 14.4 Å². The summed E-state index contributed by atoms with van der Waals surface area (Å²) in [7, 11) is 0. The predicted octanol–water partition coefficient (Wildman–Crippen LogP) is 4.23. The lowest BCUT2D eigenvalue weighted by Gasteiger charge is -2.09. The van der Waals surface area contributed by atoms with E-state index in [4.69, 9.17) is 5.73 Å². The lowest BCUT2D eigenvalue weighted by molar-refractivity contribution is -0.118. The Labute approximate surface area is 191 Å². The molecule has 0 saturated heterocycles. The second kappa shape index (κ2) is 9.86. The Bertz CT molecular complexity index is 1210. The van der Waals surface area contributed by atoms with Crippen molar-refractivity contribution in [3.05, 3.63) is 72.1 Å². The van der Waals surface area contributed by atoms with Crippen LogP contribution in [0.5, 0.6) is 0 Å². The van der Waals surface area contributed by atoms with Gasteiger partial charge in [-0.2, -0.15) is 0 Å². The van der Waals surface area contributed by atoms with Crippen LogP contribution in [0, 0.1) is 0 Å². The first-order valence-electron chi connectivity index (χ1n) is 10.7. The summed E-state index contributed by atoms with van der Waals surface area (Å²) in [5.41, 5.74) is 10.4. The van der Waals surface area contributed by atoms with Gasteiger partial charge in [0.1, 0.15) is 0 Å². The first kappa shape index (κ1) is 21.9. The van der Waals surface area contributed by atoms with Crippen molar-refractivity contribution in [1.82, 2.24) is 4.98 Å². The molecule has 0 radical (unpaired) electrons. The predicted molar refractivity (Wildman–Crippen MR) is 130 cm³/mol. The highest BCUT2D eigenvalue weighted by atomic mass is 16.2. The zero-order valence-electron chi connectivity index (χ0n) is 18.0. The number of carbonyl (C=O) groups excluding carboxylic acids is 3. The van der Waals surface area contributed by atoms with Gasteiger partial charge < -0.3 is 26.7 Å². The third-order valence-corrected chi connectivity index (χ3v) is 5.30. The Hall–Kier alpha value is -4.33. The van der Waals surface area contributed by atoms with Crippen molar-refractivity contribution >= 4 is 52.1 Å². The molecule has 2 heterocycles. The van der Waals surface area contributed by atoms with Crippen molar-refractivity contribution in [3.8, 4) is 0 Å². The van der Waals surface area contributed by atoms with E-state index in [-0.39, 0.29) is 17.7 Å². The molecule has 6 N–H and O–H groups in total. The van der Waals surface area contributed by atoms with E-state index in [1.54, 1.807) is 54.7 Å². The average Bonchev–Trinajstić information content (AvgIpc) is 3.41. The number of nitrogens with two attached hydrogens (primary N) is 1. The van der Waals surface area contributed by atoms with Crippen molar-refractivity contribution in [1.29, 1.82) is 0 Å². The summed E-state index contributed by atoms with van der Waals surface area (Å²) in [6, 6.07) is 16.1. The van der Waals surface area contributed by atoms with Gasteiger partial charge in [0.15, 0.2) is 0 Å². The minimum Gasteiger partial charge on any atom is -0.397 e. The van der Waals surface area contributed by atoms with Crippen LogP contribution in [-0.2, 0) is 14.4 Å². The molecule has 0 saturated carbocycles. The lowest BCUT2D eigenvalue weighted by Crippen LogP contribution is -2.14. The highest BCUT2D eigenvalue weighted by Crippen LogP contribution is 2.35. The largest absolute Gasteiger partial charge is 0.397 e. The van der Waals surface area contributed by atoms with Crippen molar-refractivity contribution < 1.29 is 14.4 Å². The summed E-state index contributed by atoms with van der Waals surface area (Å²) in [6.07, 6.45) is 5.32. The van der Waals surface area contributed by atoms with Crippen molar-refractivity contribution in [2.24, 2.45) is 0 Å². The monoisotopic (exact) mass is 443 g/mol. The van der Waals surface area contributed by atoms with Crippen LogP contribution in [0.3, 0.4) is 0 Å². The van der Waals surface area contributed by atoms with Gasteiger partial charge in [0, 0.05) is 41.7 Å². The Morgan fingerprint density at radius 3 is 2.42 bits per heavy atom. The number of rotatable bonds is 8. The minimum atomic E-state index is -0.182. The Balaban J connectivity index is 1.27. The van der Waals surface area contributed by atoms with Gasteiger partial charge in [-0.15, -0.1) is 0 Å². The van der Waals surface area contributed by atoms with Crippen molar-refractivity contribution in [3.63, 3.8) is 0 Å². The molecule has 8 heteroatoms. The third-order valence-electron chi connectivity index (χ3n) is 5.30. The van der Waals surface area contributed by atoms with Crippen LogP contribution in [0.1, 0.15) is 36.9 Å². The summed E-state index contributed by atoms with van der Waals surface area (Å²) >= 11 is 0. The number of hydrogen-bond donors (Lipinski definition) is 5. The molecular weight excluding hydrogens is 418 g/mol. The molecule has 3 amide bonds. The first-order chi connectivity index (χ1) is 16.0. The van der Waals surface area contributed by atoms with Crippen LogP contribution < -0.4 is 21.7 Å². The number of aromatic amines is 1. The topological polar surface area (TPSA) is 129 Å². The maximum atomic E-state index is 12.4. The summed E-state index contributed by atoms with van der Waals surface area (Å²) in [5.74, 6) is -0.459. The minimum absolute atomic E-state index is 0.134. The third kappa shape index (κ3) is 5.48. The summed E-state index contributed by atoms with van der Waals surface area (Å²) < 4.78 is 0. The highest BCUT2D eigenvalue weighted by molar-refractivity contribution is 6.35. The quantitative estimate of drug-likeness (QED) is 0.203. The summed E-state index contributed by atoms with van der Waals surface area (Å²) in [6.45, 7) is 0. The molecule has 2 aromatic carbocycles. The van der Waals surface area contributed by atoms with Crippen LogP contribution >= 0.6 is 0 Å². The standard InChI is InChI=1S/C25H25N5O3/c26-20-7-1-2-8-22(20)29-24(32)10-4-3-9-23(31)28-17-11-12-21-18(15-17)19(25(33)30-21)14-16-6-5-13-27-16/h1-2,5-8,11-15,27H,3-4,9-10,26H2,(H,28,31)(H,29,32)(H,30,33)/b19-14-. The molecule has 0 bridgehead atoms. The van der Waals surface area contributed by atoms with E-state index < -0.39 is 0 Å². The smallest absolute Gasteiger partial charge is 0.256 e. The molecule has 4 rings (SSSR count). The molecule has 1 aromatic heterocycles. The number of fused-ring (bicyclic) bond motifs is 1. The van der Waals surface area contributed by atoms with Crippen molar-refractivity contribution in [2.75, 3.05) is 21.7 Å². The molecule has 33 heavy (non-hydrogen) atoms. The molecule has 0 atom stereocenters. The molecule has 8 nitrogen and oxygen atoms in total. The van der Waals surface area contributed by atoms with Crippen LogP contribution in [-0.4, -0.2) is 22.7 Å². The van der Waals surface area contributed by atoms with Crippen LogP contribution in [0.25, 0.3) is 11.6 Å². The number of amides is 3. The lowest BCUT2D eigenvalue weighted by atomic mass is 10.0. The number of carbonyl (C=O) groups is 3. The van der Waals surface area contributed by atoms with Gasteiger partial charge in [0.05, 0.1) is 16.9 Å². The molecular formula is C25H25N5O3. The van der Waals surface area contributed by atoms with Crippen LogP contribution in [0.4, 0.5) is 22.7 Å². The maximum Gasteiger partial charge on any atom is 0.256 e. The average molecular weight is 444 g/mol. The SMILES string of the molecule is Nc1ccccc1NC(=O)CCCCC(=O)Nc1ccc2c(c1)/C(=C/c1ccc[nH]1)C(=O)N2. The van der Waals surface area contributed by atoms with Crippen LogP contribution in [0.2, 0.25) is 0 Å². The molecule has 3 aromatic rings. The van der Waals surface area contributed by atoms with E-state index in [9.17, 15) is 14.4 Å². The van der Waals surface area contributed by atoms with E-state index >= 15 is 0 Å². The summed E-state index contributed by atoms with van der Waals surface area (Å²) in [4.78, 5) is 39.8. The molecule has 0 aliphatic carbocycles. The fraction of sp³-hybridized carbons (Fsp3) is 0.160. The number of anilines is 4.